The number of anilines is 1. The van der Waals surface area contributed by atoms with Crippen molar-refractivity contribution in [3.8, 4) is 11.5 Å². The van der Waals surface area contributed by atoms with Crippen molar-refractivity contribution in [2.45, 2.75) is 32.7 Å². The number of thiazole rings is 1. The number of carbonyl (C=O) groups excluding carboxylic acids is 2. The second-order valence-corrected chi connectivity index (χ2v) is 10.1. The lowest BCUT2D eigenvalue weighted by atomic mass is 9.94. The van der Waals surface area contributed by atoms with Gasteiger partial charge in [0.1, 0.15) is 4.53 Å². The van der Waals surface area contributed by atoms with Gasteiger partial charge < -0.3 is 19.1 Å². The third kappa shape index (κ3) is 3.59. The van der Waals surface area contributed by atoms with Crippen LogP contribution >= 0.6 is 11.3 Å². The number of fused-ring (bicyclic) bond motifs is 3. The number of benzene rings is 2. The molecule has 3 aliphatic heterocycles. The number of rotatable bonds is 5. The highest BCUT2D eigenvalue weighted by Crippen LogP contribution is 2.39. The summed E-state index contributed by atoms with van der Waals surface area (Å²) in [5.74, 6) is 0.345. The second-order valence-electron chi connectivity index (χ2n) is 9.10. The zero-order chi connectivity index (χ0) is 26.6. The number of hydrogen-bond acceptors (Lipinski definition) is 8. The topological polar surface area (TPSA) is 99.4 Å². The van der Waals surface area contributed by atoms with Crippen LogP contribution in [0.4, 0.5) is 5.69 Å². The van der Waals surface area contributed by atoms with Crippen LogP contribution in [0.5, 0.6) is 11.5 Å². The number of likely N-dealkylation sites (N-methyl/N-ethyl adjacent to an activating group) is 1. The Morgan fingerprint density at radius 3 is 2.71 bits per heavy atom. The second kappa shape index (κ2) is 9.29. The summed E-state index contributed by atoms with van der Waals surface area (Å²) in [5.41, 5.74) is 2.94. The fourth-order valence-electron chi connectivity index (χ4n) is 5.16. The summed E-state index contributed by atoms with van der Waals surface area (Å²) in [4.78, 5) is 47.6. The van der Waals surface area contributed by atoms with Crippen molar-refractivity contribution < 1.29 is 23.8 Å². The lowest BCUT2D eigenvalue weighted by Crippen LogP contribution is -2.41. The summed E-state index contributed by atoms with van der Waals surface area (Å²) < 4.78 is 18.3. The Morgan fingerprint density at radius 1 is 1.13 bits per heavy atom. The molecule has 0 N–H and O–H groups in total. The molecule has 10 heteroatoms. The molecule has 1 amide bonds. The molecule has 1 aromatic heterocycles. The Bertz CT molecular complexity index is 1720. The normalized spacial score (nSPS) is 18.9. The molecule has 6 rings (SSSR count). The summed E-state index contributed by atoms with van der Waals surface area (Å²) in [6.45, 7) is 4.02. The molecule has 1 atom stereocenters. The maximum Gasteiger partial charge on any atom is 0.338 e. The van der Waals surface area contributed by atoms with Crippen molar-refractivity contribution in [2.24, 2.45) is 4.99 Å². The zero-order valence-corrected chi connectivity index (χ0v) is 22.0. The number of esters is 1. The Balaban J connectivity index is 1.66. The number of amides is 1. The molecule has 0 saturated heterocycles. The van der Waals surface area contributed by atoms with E-state index in [1.807, 2.05) is 37.3 Å². The molecular weight excluding hydrogens is 506 g/mol. The molecule has 9 nitrogen and oxygen atoms in total. The van der Waals surface area contributed by atoms with Crippen molar-refractivity contribution in [1.82, 2.24) is 4.57 Å². The third-order valence-electron chi connectivity index (χ3n) is 6.86. The van der Waals surface area contributed by atoms with Gasteiger partial charge in [-0.1, -0.05) is 48.9 Å². The van der Waals surface area contributed by atoms with E-state index in [1.54, 1.807) is 31.0 Å². The molecule has 3 aliphatic rings. The quantitative estimate of drug-likeness (QED) is 0.470. The van der Waals surface area contributed by atoms with Gasteiger partial charge in [-0.25, -0.2) is 9.79 Å². The maximum absolute atomic E-state index is 14.2. The monoisotopic (exact) mass is 531 g/mol. The van der Waals surface area contributed by atoms with Gasteiger partial charge >= 0.3 is 5.97 Å². The van der Waals surface area contributed by atoms with Crippen LogP contribution in [0, 0.1) is 0 Å². The van der Waals surface area contributed by atoms with E-state index >= 15 is 0 Å². The first-order chi connectivity index (χ1) is 18.4. The van der Waals surface area contributed by atoms with Crippen LogP contribution in [0.2, 0.25) is 0 Å². The number of allylic oxidation sites excluding steroid dienone is 1. The van der Waals surface area contributed by atoms with Gasteiger partial charge in [0.15, 0.2) is 16.3 Å². The smallest absolute Gasteiger partial charge is 0.338 e. The third-order valence-corrected chi connectivity index (χ3v) is 7.91. The van der Waals surface area contributed by atoms with Crippen LogP contribution in [-0.4, -0.2) is 36.9 Å². The van der Waals surface area contributed by atoms with Crippen molar-refractivity contribution >= 4 is 34.5 Å². The van der Waals surface area contributed by atoms with Gasteiger partial charge in [-0.2, -0.15) is 0 Å². The van der Waals surface area contributed by atoms with E-state index in [9.17, 15) is 14.4 Å². The van der Waals surface area contributed by atoms with Crippen LogP contribution in [0.25, 0.3) is 5.57 Å². The molecule has 0 bridgehead atoms. The molecular formula is C28H25N3O6S. The van der Waals surface area contributed by atoms with Gasteiger partial charge in [0.25, 0.3) is 11.5 Å². The molecule has 4 heterocycles. The molecule has 2 aromatic carbocycles. The van der Waals surface area contributed by atoms with E-state index in [4.69, 9.17) is 19.2 Å². The van der Waals surface area contributed by atoms with E-state index in [-0.39, 0.29) is 29.4 Å². The fourth-order valence-corrected chi connectivity index (χ4v) is 6.27. The van der Waals surface area contributed by atoms with E-state index < -0.39 is 12.0 Å². The number of carbonyl (C=O) groups is 2. The zero-order valence-electron chi connectivity index (χ0n) is 21.1. The first-order valence-electron chi connectivity index (χ1n) is 12.5. The molecule has 0 unspecified atom stereocenters. The number of para-hydroxylation sites is 1. The Hall–Kier alpha value is -4.18. The predicted molar refractivity (Wildman–Crippen MR) is 141 cm³/mol. The highest BCUT2D eigenvalue weighted by Gasteiger charge is 2.37. The van der Waals surface area contributed by atoms with E-state index in [0.717, 1.165) is 12.1 Å². The highest BCUT2D eigenvalue weighted by atomic mass is 32.1. The average Bonchev–Trinajstić information content (AvgIpc) is 3.58. The molecule has 38 heavy (non-hydrogen) atoms. The van der Waals surface area contributed by atoms with Gasteiger partial charge in [-0.05, 0) is 37.1 Å². The Morgan fingerprint density at radius 2 is 1.92 bits per heavy atom. The van der Waals surface area contributed by atoms with Gasteiger partial charge in [0, 0.05) is 12.6 Å². The number of hydrogen-bond donors (Lipinski definition) is 0. The molecule has 0 saturated carbocycles. The molecule has 3 aromatic rings. The van der Waals surface area contributed by atoms with E-state index in [0.29, 0.717) is 50.7 Å². The standard InChI is InChI=1S/C28H25N3O6S/c1-4-8-17-22(27(34)35-5-2)23(15-11-12-19-20(13-15)37-14-36-19)31-26(33)24(38-28(31)29-17)21-16-9-6-7-10-18(16)30(3)25(21)32/h6-7,9-13,23H,4-5,8,14H2,1-3H3/b24-21-/t23-/m0/s1. The molecule has 0 radical (unpaired) electrons. The van der Waals surface area contributed by atoms with E-state index in [1.165, 1.54) is 15.9 Å². The fraction of sp³-hybridized carbons (Fsp3) is 0.286. The van der Waals surface area contributed by atoms with Crippen LogP contribution in [0.1, 0.15) is 43.9 Å². The lowest BCUT2D eigenvalue weighted by molar-refractivity contribution is -0.139. The average molecular weight is 532 g/mol. The molecule has 0 aliphatic carbocycles. The van der Waals surface area contributed by atoms with Gasteiger partial charge in [-0.3, -0.25) is 14.2 Å². The largest absolute Gasteiger partial charge is 0.463 e. The van der Waals surface area contributed by atoms with Crippen molar-refractivity contribution in [3.63, 3.8) is 0 Å². The lowest BCUT2D eigenvalue weighted by Gasteiger charge is -2.25. The number of nitrogens with zero attached hydrogens (tertiary/aromatic N) is 3. The summed E-state index contributed by atoms with van der Waals surface area (Å²) in [5, 5.41) is 0. The SMILES string of the molecule is CCCC1=C(C(=O)OCC)[C@H](c2ccc3c(c2)OCO3)n2c(s/c(=C3\C(=O)N(C)c4ccccc43)c2=O)=N1. The van der Waals surface area contributed by atoms with Crippen LogP contribution in [-0.2, 0) is 14.3 Å². The number of ether oxygens (including phenoxy) is 3. The minimum absolute atomic E-state index is 0.0988. The van der Waals surface area contributed by atoms with Gasteiger partial charge in [0.05, 0.1) is 35.2 Å². The van der Waals surface area contributed by atoms with Crippen LogP contribution < -0.4 is 29.3 Å². The van der Waals surface area contributed by atoms with Crippen molar-refractivity contribution in [1.29, 1.82) is 0 Å². The maximum atomic E-state index is 14.2. The molecule has 194 valence electrons. The number of aromatic nitrogens is 1. The summed E-state index contributed by atoms with van der Waals surface area (Å²) >= 11 is 1.17. The van der Waals surface area contributed by atoms with Crippen LogP contribution in [0.3, 0.4) is 0 Å². The predicted octanol–water partition coefficient (Wildman–Crippen LogP) is 2.65. The van der Waals surface area contributed by atoms with Crippen molar-refractivity contribution in [3.05, 3.63) is 84.5 Å². The highest BCUT2D eigenvalue weighted by molar-refractivity contribution is 7.07. The summed E-state index contributed by atoms with van der Waals surface area (Å²) in [6, 6.07) is 12.0. The Kier molecular flexibility index (Phi) is 5.91. The van der Waals surface area contributed by atoms with Crippen LogP contribution in [0.15, 0.2) is 63.5 Å². The Labute approximate surface area is 221 Å². The van der Waals surface area contributed by atoms with E-state index in [2.05, 4.69) is 0 Å². The van der Waals surface area contributed by atoms with Gasteiger partial charge in [0.2, 0.25) is 6.79 Å². The summed E-state index contributed by atoms with van der Waals surface area (Å²) in [7, 11) is 1.69. The van der Waals surface area contributed by atoms with Gasteiger partial charge in [-0.15, -0.1) is 0 Å². The van der Waals surface area contributed by atoms with Crippen molar-refractivity contribution in [2.75, 3.05) is 25.3 Å². The minimum Gasteiger partial charge on any atom is -0.463 e. The molecule has 0 spiro atoms. The minimum atomic E-state index is -0.805. The summed E-state index contributed by atoms with van der Waals surface area (Å²) in [6.07, 6.45) is 1.27. The first kappa shape index (κ1) is 24.2. The first-order valence-corrected chi connectivity index (χ1v) is 13.3. The molecule has 0 fully saturated rings.